The van der Waals surface area contributed by atoms with E-state index in [1.54, 1.807) is 24.3 Å². The number of hydrogen-bond donors (Lipinski definition) is 0. The maximum absolute atomic E-state index is 12.6. The Balaban J connectivity index is 2.26. The maximum atomic E-state index is 12.6. The maximum Gasteiger partial charge on any atom is 0.416 e. The van der Waals surface area contributed by atoms with Gasteiger partial charge in [-0.25, -0.2) is 8.42 Å². The SMILES string of the molecule is COc1ccccc1CN(C)S(=O)(=O)c1ccc(C(F)(F)F)cc1. The Labute approximate surface area is 138 Å². The van der Waals surface area contributed by atoms with E-state index in [0.29, 0.717) is 11.3 Å². The number of sulfonamides is 1. The van der Waals surface area contributed by atoms with Gasteiger partial charge < -0.3 is 4.74 Å². The first-order valence-corrected chi connectivity index (χ1v) is 8.36. The first-order valence-electron chi connectivity index (χ1n) is 6.92. The van der Waals surface area contributed by atoms with Gasteiger partial charge in [0, 0.05) is 19.2 Å². The Morgan fingerprint density at radius 1 is 1.04 bits per heavy atom. The van der Waals surface area contributed by atoms with Crippen LogP contribution in [-0.2, 0) is 22.7 Å². The molecule has 0 spiro atoms. The zero-order valence-corrected chi connectivity index (χ0v) is 13.9. The molecule has 24 heavy (non-hydrogen) atoms. The van der Waals surface area contributed by atoms with Crippen LogP contribution in [0, 0.1) is 0 Å². The third-order valence-electron chi connectivity index (χ3n) is 3.48. The molecule has 0 N–H and O–H groups in total. The predicted molar refractivity (Wildman–Crippen MR) is 83.1 cm³/mol. The van der Waals surface area contributed by atoms with Gasteiger partial charge in [0.2, 0.25) is 10.0 Å². The van der Waals surface area contributed by atoms with Crippen molar-refractivity contribution in [2.45, 2.75) is 17.6 Å². The van der Waals surface area contributed by atoms with Gasteiger partial charge in [-0.2, -0.15) is 17.5 Å². The Morgan fingerprint density at radius 2 is 1.62 bits per heavy atom. The van der Waals surface area contributed by atoms with Crippen LogP contribution in [0.2, 0.25) is 0 Å². The van der Waals surface area contributed by atoms with Crippen LogP contribution in [0.1, 0.15) is 11.1 Å². The van der Waals surface area contributed by atoms with E-state index in [2.05, 4.69) is 0 Å². The van der Waals surface area contributed by atoms with Gasteiger partial charge in [0.15, 0.2) is 0 Å². The average Bonchev–Trinajstić information content (AvgIpc) is 2.54. The fourth-order valence-corrected chi connectivity index (χ4v) is 3.30. The molecular formula is C16H16F3NO3S. The highest BCUT2D eigenvalue weighted by molar-refractivity contribution is 7.89. The van der Waals surface area contributed by atoms with Gasteiger partial charge in [0.05, 0.1) is 17.6 Å². The van der Waals surface area contributed by atoms with E-state index in [0.717, 1.165) is 28.6 Å². The molecule has 0 aromatic heterocycles. The molecule has 0 saturated heterocycles. The van der Waals surface area contributed by atoms with Crippen molar-refractivity contribution in [1.29, 1.82) is 0 Å². The van der Waals surface area contributed by atoms with E-state index in [9.17, 15) is 21.6 Å². The molecule has 0 saturated carbocycles. The van der Waals surface area contributed by atoms with Crippen molar-refractivity contribution in [3.63, 3.8) is 0 Å². The number of benzene rings is 2. The molecule has 0 aliphatic heterocycles. The van der Waals surface area contributed by atoms with Crippen LogP contribution in [0.5, 0.6) is 5.75 Å². The quantitative estimate of drug-likeness (QED) is 0.820. The van der Waals surface area contributed by atoms with Gasteiger partial charge in [0.1, 0.15) is 5.75 Å². The molecule has 2 aromatic carbocycles. The molecule has 0 fully saturated rings. The van der Waals surface area contributed by atoms with E-state index in [-0.39, 0.29) is 11.4 Å². The fraction of sp³-hybridized carbons (Fsp3) is 0.250. The predicted octanol–water partition coefficient (Wildman–Crippen LogP) is 3.53. The lowest BCUT2D eigenvalue weighted by Crippen LogP contribution is -2.26. The van der Waals surface area contributed by atoms with Crippen molar-refractivity contribution in [3.8, 4) is 5.75 Å². The van der Waals surface area contributed by atoms with Crippen LogP contribution in [0.3, 0.4) is 0 Å². The molecule has 0 heterocycles. The lowest BCUT2D eigenvalue weighted by molar-refractivity contribution is -0.137. The standard InChI is InChI=1S/C16H16F3NO3S/c1-20(11-12-5-3-4-6-15(12)23-2)24(21,22)14-9-7-13(8-10-14)16(17,18)19/h3-10H,11H2,1-2H3. The largest absolute Gasteiger partial charge is 0.496 e. The zero-order chi connectivity index (χ0) is 18.0. The van der Waals surface area contributed by atoms with Crippen molar-refractivity contribution in [3.05, 3.63) is 59.7 Å². The second-order valence-corrected chi connectivity index (χ2v) is 7.14. The smallest absolute Gasteiger partial charge is 0.416 e. The van der Waals surface area contributed by atoms with Crippen molar-refractivity contribution >= 4 is 10.0 Å². The second kappa shape index (κ2) is 6.82. The fourth-order valence-electron chi connectivity index (χ4n) is 2.15. The molecule has 2 rings (SSSR count). The van der Waals surface area contributed by atoms with Crippen molar-refractivity contribution in [2.24, 2.45) is 0 Å². The van der Waals surface area contributed by atoms with Crippen molar-refractivity contribution < 1.29 is 26.3 Å². The minimum absolute atomic E-state index is 0.0351. The van der Waals surface area contributed by atoms with Crippen LogP contribution in [0.25, 0.3) is 0 Å². The van der Waals surface area contributed by atoms with Crippen molar-refractivity contribution in [2.75, 3.05) is 14.2 Å². The van der Waals surface area contributed by atoms with Gasteiger partial charge in [0.25, 0.3) is 0 Å². The molecule has 8 heteroatoms. The summed E-state index contributed by atoms with van der Waals surface area (Å²) in [6.45, 7) is 0.0351. The minimum Gasteiger partial charge on any atom is -0.496 e. The highest BCUT2D eigenvalue weighted by atomic mass is 32.2. The third-order valence-corrected chi connectivity index (χ3v) is 5.29. The summed E-state index contributed by atoms with van der Waals surface area (Å²) in [6, 6.07) is 10.3. The summed E-state index contributed by atoms with van der Waals surface area (Å²) >= 11 is 0. The lowest BCUT2D eigenvalue weighted by atomic mass is 10.2. The molecule has 0 amide bonds. The van der Waals surface area contributed by atoms with Gasteiger partial charge in [-0.1, -0.05) is 18.2 Å². The molecule has 2 aromatic rings. The van der Waals surface area contributed by atoms with Crippen molar-refractivity contribution in [1.82, 2.24) is 4.31 Å². The molecule has 4 nitrogen and oxygen atoms in total. The molecular weight excluding hydrogens is 343 g/mol. The number of nitrogens with zero attached hydrogens (tertiary/aromatic N) is 1. The van der Waals surface area contributed by atoms with Crippen LogP contribution in [0.15, 0.2) is 53.4 Å². The van der Waals surface area contributed by atoms with Gasteiger partial charge >= 0.3 is 6.18 Å². The molecule has 0 aliphatic carbocycles. The van der Waals surface area contributed by atoms with E-state index >= 15 is 0 Å². The first kappa shape index (κ1) is 18.3. The van der Waals surface area contributed by atoms with Gasteiger partial charge in [-0.3, -0.25) is 0 Å². The van der Waals surface area contributed by atoms with E-state index < -0.39 is 21.8 Å². The third kappa shape index (κ3) is 3.88. The summed E-state index contributed by atoms with van der Waals surface area (Å²) in [6.07, 6.45) is -4.51. The minimum atomic E-state index is -4.51. The number of alkyl halides is 3. The summed E-state index contributed by atoms with van der Waals surface area (Å²) in [5.74, 6) is 0.534. The lowest BCUT2D eigenvalue weighted by Gasteiger charge is -2.19. The van der Waals surface area contributed by atoms with E-state index in [1.165, 1.54) is 14.2 Å². The Hall–Kier alpha value is -2.06. The summed E-state index contributed by atoms with van der Waals surface area (Å²) in [7, 11) is -1.08. The van der Waals surface area contributed by atoms with E-state index in [4.69, 9.17) is 4.74 Å². The first-order chi connectivity index (χ1) is 11.2. The topological polar surface area (TPSA) is 46.6 Å². The molecule has 0 atom stereocenters. The second-order valence-electron chi connectivity index (χ2n) is 5.10. The van der Waals surface area contributed by atoms with Crippen LogP contribution >= 0.6 is 0 Å². The number of halogens is 3. The highest BCUT2D eigenvalue weighted by Gasteiger charge is 2.31. The van der Waals surface area contributed by atoms with Gasteiger partial charge in [-0.15, -0.1) is 0 Å². The molecule has 0 unspecified atom stereocenters. The van der Waals surface area contributed by atoms with Crippen LogP contribution in [0.4, 0.5) is 13.2 Å². The highest BCUT2D eigenvalue weighted by Crippen LogP contribution is 2.30. The number of ether oxygens (including phenoxy) is 1. The summed E-state index contributed by atoms with van der Waals surface area (Å²) in [4.78, 5) is -0.201. The molecule has 0 radical (unpaired) electrons. The number of para-hydroxylation sites is 1. The molecule has 0 aliphatic rings. The Morgan fingerprint density at radius 3 is 2.17 bits per heavy atom. The summed E-state index contributed by atoms with van der Waals surface area (Å²) in [5, 5.41) is 0. The Bertz CT molecular complexity index is 802. The van der Waals surface area contributed by atoms with Crippen LogP contribution in [-0.4, -0.2) is 26.9 Å². The monoisotopic (exact) mass is 359 g/mol. The van der Waals surface area contributed by atoms with Crippen LogP contribution < -0.4 is 4.74 Å². The average molecular weight is 359 g/mol. The molecule has 130 valence electrons. The zero-order valence-electron chi connectivity index (χ0n) is 13.0. The number of hydrogen-bond acceptors (Lipinski definition) is 3. The molecule has 0 bridgehead atoms. The normalized spacial score (nSPS) is 12.4. The Kier molecular flexibility index (Phi) is 5.19. The number of rotatable bonds is 5. The van der Waals surface area contributed by atoms with Gasteiger partial charge in [-0.05, 0) is 30.3 Å². The van der Waals surface area contributed by atoms with E-state index in [1.807, 2.05) is 0 Å². The number of methoxy groups -OCH3 is 1. The summed E-state index contributed by atoms with van der Waals surface area (Å²) in [5.41, 5.74) is -0.244. The summed E-state index contributed by atoms with van der Waals surface area (Å²) < 4.78 is 69.0.